The zero-order chi connectivity index (χ0) is 19.3. The van der Waals surface area contributed by atoms with Gasteiger partial charge in [0.15, 0.2) is 5.96 Å². The van der Waals surface area contributed by atoms with E-state index in [1.54, 1.807) is 0 Å². The number of nitrogens with one attached hydrogen (secondary N) is 1. The van der Waals surface area contributed by atoms with Crippen LogP contribution in [0, 0.1) is 5.92 Å². The van der Waals surface area contributed by atoms with Crippen LogP contribution in [0.4, 0.5) is 0 Å². The summed E-state index contributed by atoms with van der Waals surface area (Å²) in [4.78, 5) is 9.86. The second-order valence-electron chi connectivity index (χ2n) is 8.23. The molecule has 1 N–H and O–H groups in total. The fourth-order valence-electron chi connectivity index (χ4n) is 4.25. The van der Waals surface area contributed by atoms with Crippen LogP contribution in [-0.2, 0) is 18.2 Å². The van der Waals surface area contributed by atoms with Gasteiger partial charge in [-0.1, -0.05) is 0 Å². The average molecular weight is 377 g/mol. The number of rotatable bonds is 6. The van der Waals surface area contributed by atoms with Crippen molar-refractivity contribution in [1.82, 2.24) is 24.9 Å². The minimum Gasteiger partial charge on any atom is -0.381 e. The summed E-state index contributed by atoms with van der Waals surface area (Å²) in [7, 11) is 6.33. The number of hydrogen-bond acceptors (Lipinski definition) is 4. The molecule has 2 aliphatic rings. The van der Waals surface area contributed by atoms with Gasteiger partial charge in [0, 0.05) is 51.6 Å². The molecule has 0 bridgehead atoms. The highest BCUT2D eigenvalue weighted by Gasteiger charge is 2.35. The van der Waals surface area contributed by atoms with Gasteiger partial charge in [0.2, 0.25) is 0 Å². The van der Waals surface area contributed by atoms with Gasteiger partial charge in [0.25, 0.3) is 0 Å². The maximum Gasteiger partial charge on any atom is 0.193 e. The maximum atomic E-state index is 5.59. The van der Waals surface area contributed by atoms with Crippen molar-refractivity contribution in [2.24, 2.45) is 18.0 Å². The van der Waals surface area contributed by atoms with Gasteiger partial charge in [0.05, 0.1) is 12.7 Å². The Bertz CT molecular complexity index is 620. The molecule has 0 saturated carbocycles. The zero-order valence-corrected chi connectivity index (χ0v) is 17.4. The summed E-state index contributed by atoms with van der Waals surface area (Å²) in [6.45, 7) is 7.70. The minimum atomic E-state index is 0.119. The Kier molecular flexibility index (Phi) is 6.76. The standard InChI is InChI=1S/C20H36N6O/c1-5-21-19(22-16-20(24(2)3)7-10-27-11-8-20)26-9-6-17(15-26)12-18-13-23-25(4)14-18/h13-14,17H,5-12,15-16H2,1-4H3,(H,21,22). The Morgan fingerprint density at radius 3 is 2.81 bits per heavy atom. The maximum absolute atomic E-state index is 5.59. The van der Waals surface area contributed by atoms with Crippen molar-refractivity contribution in [2.45, 2.75) is 38.1 Å². The molecule has 1 atom stereocenters. The number of ether oxygens (including phenoxy) is 1. The van der Waals surface area contributed by atoms with Crippen LogP contribution in [0.3, 0.4) is 0 Å². The fraction of sp³-hybridized carbons (Fsp3) is 0.800. The topological polar surface area (TPSA) is 57.9 Å². The number of aromatic nitrogens is 2. The molecule has 3 heterocycles. The number of aryl methyl sites for hydroxylation is 1. The van der Waals surface area contributed by atoms with Gasteiger partial charge >= 0.3 is 0 Å². The molecule has 27 heavy (non-hydrogen) atoms. The number of hydrogen-bond donors (Lipinski definition) is 1. The molecule has 0 spiro atoms. The van der Waals surface area contributed by atoms with E-state index in [0.29, 0.717) is 5.92 Å². The lowest BCUT2D eigenvalue weighted by atomic mass is 9.89. The second-order valence-corrected chi connectivity index (χ2v) is 8.23. The molecule has 2 saturated heterocycles. The van der Waals surface area contributed by atoms with Crippen LogP contribution < -0.4 is 5.32 Å². The quantitative estimate of drug-likeness (QED) is 0.600. The van der Waals surface area contributed by atoms with Gasteiger partial charge < -0.3 is 19.9 Å². The average Bonchev–Trinajstić information content (AvgIpc) is 3.28. The fourth-order valence-corrected chi connectivity index (χ4v) is 4.25. The molecule has 0 aromatic carbocycles. The first-order valence-electron chi connectivity index (χ1n) is 10.3. The monoisotopic (exact) mass is 376 g/mol. The van der Waals surface area contributed by atoms with Gasteiger partial charge in [-0.3, -0.25) is 9.67 Å². The van der Waals surface area contributed by atoms with Crippen LogP contribution in [-0.4, -0.2) is 84.6 Å². The molecular weight excluding hydrogens is 340 g/mol. The highest BCUT2D eigenvalue weighted by molar-refractivity contribution is 5.80. The predicted octanol–water partition coefficient (Wildman–Crippen LogP) is 1.36. The van der Waals surface area contributed by atoms with E-state index in [9.17, 15) is 0 Å². The summed E-state index contributed by atoms with van der Waals surface area (Å²) in [5, 5.41) is 7.82. The minimum absolute atomic E-state index is 0.119. The van der Waals surface area contributed by atoms with E-state index < -0.39 is 0 Å². The van der Waals surface area contributed by atoms with Crippen LogP contribution in [0.1, 0.15) is 31.7 Å². The van der Waals surface area contributed by atoms with Crippen molar-refractivity contribution in [3.8, 4) is 0 Å². The van der Waals surface area contributed by atoms with Crippen molar-refractivity contribution in [2.75, 3.05) is 53.5 Å². The Morgan fingerprint density at radius 1 is 1.41 bits per heavy atom. The smallest absolute Gasteiger partial charge is 0.193 e. The number of likely N-dealkylation sites (N-methyl/N-ethyl adjacent to an activating group) is 1. The Balaban J connectivity index is 1.63. The lowest BCUT2D eigenvalue weighted by molar-refractivity contribution is -0.00262. The van der Waals surface area contributed by atoms with Crippen molar-refractivity contribution in [3.63, 3.8) is 0 Å². The number of likely N-dealkylation sites (tertiary alicyclic amines) is 1. The SMILES string of the molecule is CCNC(=NCC1(N(C)C)CCOCC1)N1CCC(Cc2cnn(C)c2)C1. The predicted molar refractivity (Wildman–Crippen MR) is 109 cm³/mol. The first-order valence-corrected chi connectivity index (χ1v) is 10.3. The van der Waals surface area contributed by atoms with Crippen molar-refractivity contribution >= 4 is 5.96 Å². The molecule has 1 aromatic heterocycles. The Hall–Kier alpha value is -1.60. The van der Waals surface area contributed by atoms with Crippen LogP contribution in [0.2, 0.25) is 0 Å². The van der Waals surface area contributed by atoms with Crippen LogP contribution >= 0.6 is 0 Å². The van der Waals surface area contributed by atoms with Gasteiger partial charge in [-0.15, -0.1) is 0 Å². The van der Waals surface area contributed by atoms with Gasteiger partial charge in [-0.05, 0) is 58.2 Å². The normalized spacial score (nSPS) is 23.2. The third-order valence-electron chi connectivity index (χ3n) is 6.10. The lowest BCUT2D eigenvalue weighted by Gasteiger charge is -2.42. The highest BCUT2D eigenvalue weighted by Crippen LogP contribution is 2.27. The van der Waals surface area contributed by atoms with Gasteiger partial charge in [-0.2, -0.15) is 5.10 Å². The summed E-state index contributed by atoms with van der Waals surface area (Å²) in [5.74, 6) is 1.74. The molecule has 0 radical (unpaired) electrons. The van der Waals surface area contributed by atoms with E-state index in [1.807, 2.05) is 17.9 Å². The van der Waals surface area contributed by atoms with Crippen LogP contribution in [0.5, 0.6) is 0 Å². The van der Waals surface area contributed by atoms with E-state index in [4.69, 9.17) is 9.73 Å². The Labute approximate surface area is 163 Å². The molecule has 0 amide bonds. The zero-order valence-electron chi connectivity index (χ0n) is 17.4. The molecule has 152 valence electrons. The van der Waals surface area contributed by atoms with Gasteiger partial charge in [-0.25, -0.2) is 0 Å². The van der Waals surface area contributed by atoms with Crippen molar-refractivity contribution in [1.29, 1.82) is 0 Å². The number of guanidine groups is 1. The summed E-state index contributed by atoms with van der Waals surface area (Å²) >= 11 is 0. The van der Waals surface area contributed by atoms with E-state index in [1.165, 1.54) is 12.0 Å². The van der Waals surface area contributed by atoms with E-state index in [0.717, 1.165) is 64.6 Å². The number of aliphatic imine (C=N–C) groups is 1. The third-order valence-corrected chi connectivity index (χ3v) is 6.10. The summed E-state index contributed by atoms with van der Waals surface area (Å²) in [5.41, 5.74) is 1.45. The molecule has 1 aromatic rings. The molecule has 7 nitrogen and oxygen atoms in total. The molecule has 2 fully saturated rings. The Morgan fingerprint density at radius 2 is 2.19 bits per heavy atom. The second kappa shape index (κ2) is 9.06. The third kappa shape index (κ3) is 5.02. The van der Waals surface area contributed by atoms with Crippen LogP contribution in [0.15, 0.2) is 17.4 Å². The van der Waals surface area contributed by atoms with Crippen molar-refractivity contribution < 1.29 is 4.74 Å². The largest absolute Gasteiger partial charge is 0.381 e. The molecular formula is C20H36N6O. The van der Waals surface area contributed by atoms with Crippen LogP contribution in [0.25, 0.3) is 0 Å². The molecule has 1 unspecified atom stereocenters. The van der Waals surface area contributed by atoms with E-state index in [2.05, 4.69) is 47.4 Å². The summed E-state index contributed by atoms with van der Waals surface area (Å²) < 4.78 is 7.48. The van der Waals surface area contributed by atoms with Gasteiger partial charge in [0.1, 0.15) is 0 Å². The molecule has 0 aliphatic carbocycles. The molecule has 7 heteroatoms. The lowest BCUT2D eigenvalue weighted by Crippen LogP contribution is -2.52. The van der Waals surface area contributed by atoms with E-state index >= 15 is 0 Å². The summed E-state index contributed by atoms with van der Waals surface area (Å²) in [6.07, 6.45) is 8.54. The van der Waals surface area contributed by atoms with E-state index in [-0.39, 0.29) is 5.54 Å². The summed E-state index contributed by atoms with van der Waals surface area (Å²) in [6, 6.07) is 0. The highest BCUT2D eigenvalue weighted by atomic mass is 16.5. The van der Waals surface area contributed by atoms with Crippen molar-refractivity contribution in [3.05, 3.63) is 18.0 Å². The first-order chi connectivity index (χ1) is 13.0. The first kappa shape index (κ1) is 20.1. The molecule has 3 rings (SSSR count). The number of nitrogens with zero attached hydrogens (tertiary/aromatic N) is 5. The molecule has 2 aliphatic heterocycles.